The lowest BCUT2D eigenvalue weighted by Crippen LogP contribution is -2.15. The quantitative estimate of drug-likeness (QED) is 0.436. The van der Waals surface area contributed by atoms with Gasteiger partial charge >= 0.3 is 0 Å². The van der Waals surface area contributed by atoms with Crippen LogP contribution in [0.5, 0.6) is 11.6 Å². The van der Waals surface area contributed by atoms with Gasteiger partial charge in [-0.15, -0.1) is 0 Å². The van der Waals surface area contributed by atoms with E-state index in [2.05, 4.69) is 30.1 Å². The van der Waals surface area contributed by atoms with Gasteiger partial charge in [0, 0.05) is 17.7 Å². The Labute approximate surface area is 174 Å². The molecule has 0 aromatic carbocycles. The van der Waals surface area contributed by atoms with Gasteiger partial charge in [-0.1, -0.05) is 41.5 Å². The average Bonchev–Trinajstić information content (AvgIpc) is 2.72. The summed E-state index contributed by atoms with van der Waals surface area (Å²) in [6, 6.07) is 0. The number of pyridine rings is 1. The van der Waals surface area contributed by atoms with Crippen LogP contribution in [0, 0.1) is 6.92 Å². The van der Waals surface area contributed by atoms with Crippen molar-refractivity contribution in [1.82, 2.24) is 4.98 Å². The van der Waals surface area contributed by atoms with Crippen molar-refractivity contribution in [3.63, 3.8) is 0 Å². The Hall–Kier alpha value is -2.53. The third kappa shape index (κ3) is 7.42. The lowest BCUT2D eigenvalue weighted by atomic mass is 10.1. The topological polar surface area (TPSA) is 71.6 Å². The molecule has 0 bridgehead atoms. The molecule has 0 aliphatic heterocycles. The summed E-state index contributed by atoms with van der Waals surface area (Å²) in [5.74, 6) is 0.550. The molecule has 0 spiro atoms. The molecule has 5 heteroatoms. The highest BCUT2D eigenvalue weighted by Crippen LogP contribution is 2.22. The normalized spacial score (nSPS) is 14.4. The van der Waals surface area contributed by atoms with E-state index in [-0.39, 0.29) is 11.2 Å². The van der Waals surface area contributed by atoms with Crippen LogP contribution in [0.1, 0.15) is 51.8 Å². The number of aromatic nitrogens is 1. The summed E-state index contributed by atoms with van der Waals surface area (Å²) in [4.78, 5) is 15.5. The molecule has 1 heterocycles. The third-order valence-corrected chi connectivity index (χ3v) is 5.00. The Kier molecular flexibility index (Phi) is 10.2. The van der Waals surface area contributed by atoms with Gasteiger partial charge in [-0.3, -0.25) is 4.79 Å². The smallest absolute Gasteiger partial charge is 0.238 e. The van der Waals surface area contributed by atoms with Gasteiger partial charge in [-0.2, -0.15) is 0 Å². The van der Waals surface area contributed by atoms with E-state index in [0.29, 0.717) is 24.3 Å². The van der Waals surface area contributed by atoms with Crippen LogP contribution in [-0.4, -0.2) is 30.4 Å². The first kappa shape index (κ1) is 24.5. The van der Waals surface area contributed by atoms with Gasteiger partial charge in [0.15, 0.2) is 0 Å². The van der Waals surface area contributed by atoms with E-state index in [4.69, 9.17) is 9.47 Å². The van der Waals surface area contributed by atoms with Crippen LogP contribution in [0.15, 0.2) is 51.9 Å². The van der Waals surface area contributed by atoms with Crippen LogP contribution in [0.3, 0.4) is 0 Å². The number of allylic oxidation sites excluding steroid dienone is 6. The van der Waals surface area contributed by atoms with E-state index in [0.717, 1.165) is 23.3 Å². The molecule has 0 aliphatic rings. The first-order chi connectivity index (χ1) is 13.7. The lowest BCUT2D eigenvalue weighted by molar-refractivity contribution is 0.214. The number of ether oxygens (including phenoxy) is 2. The van der Waals surface area contributed by atoms with Crippen molar-refractivity contribution in [3.8, 4) is 11.6 Å². The number of hydrogen-bond donors (Lipinski definition) is 2. The number of hydrogen-bond acceptors (Lipinski definition) is 4. The summed E-state index contributed by atoms with van der Waals surface area (Å²) >= 11 is 0. The van der Waals surface area contributed by atoms with Gasteiger partial charge in [0.2, 0.25) is 17.1 Å². The molecule has 0 fully saturated rings. The Morgan fingerprint density at radius 2 is 1.86 bits per heavy atom. The maximum Gasteiger partial charge on any atom is 0.238 e. The zero-order chi connectivity index (χ0) is 22.0. The molecule has 29 heavy (non-hydrogen) atoms. The fraction of sp³-hybridized carbons (Fsp3) is 0.458. The van der Waals surface area contributed by atoms with E-state index in [9.17, 15) is 9.90 Å². The van der Waals surface area contributed by atoms with Gasteiger partial charge in [0.25, 0.3) is 0 Å². The minimum absolute atomic E-state index is 0.153. The van der Waals surface area contributed by atoms with Crippen molar-refractivity contribution >= 4 is 0 Å². The number of H-pyrrole nitrogens is 1. The summed E-state index contributed by atoms with van der Waals surface area (Å²) < 4.78 is 10.4. The first-order valence-electron chi connectivity index (χ1n) is 9.88. The minimum Gasteiger partial charge on any atom is -0.488 e. The van der Waals surface area contributed by atoms with Crippen LogP contribution in [0.2, 0.25) is 0 Å². The molecule has 0 saturated heterocycles. The van der Waals surface area contributed by atoms with Crippen LogP contribution >= 0.6 is 0 Å². The largest absolute Gasteiger partial charge is 0.488 e. The summed E-state index contributed by atoms with van der Waals surface area (Å²) in [5, 5.41) is 9.98. The highest BCUT2D eigenvalue weighted by Gasteiger charge is 2.14. The Morgan fingerprint density at radius 3 is 2.45 bits per heavy atom. The summed E-state index contributed by atoms with van der Waals surface area (Å²) in [6.07, 6.45) is 11.9. The standard InChI is InChI=1S/C24H35NO4/c1-8-18(4)21(26)15-13-17(3)11-9-10-16(2)12-14-20-19(5)22(27)23(28-6)24(25-20)29-7/h8-9,11-13,21,26H,10,14-15H2,1-7H3,(H,25,27). The fourth-order valence-corrected chi connectivity index (χ4v) is 2.77. The van der Waals surface area contributed by atoms with Crippen molar-refractivity contribution in [2.75, 3.05) is 14.2 Å². The molecule has 5 nitrogen and oxygen atoms in total. The third-order valence-electron chi connectivity index (χ3n) is 5.00. The molecule has 160 valence electrons. The second kappa shape index (κ2) is 12.1. The second-order valence-corrected chi connectivity index (χ2v) is 7.22. The average molecular weight is 402 g/mol. The molecule has 1 rings (SSSR count). The second-order valence-electron chi connectivity index (χ2n) is 7.22. The van der Waals surface area contributed by atoms with E-state index >= 15 is 0 Å². The van der Waals surface area contributed by atoms with Crippen LogP contribution in [0.4, 0.5) is 0 Å². The van der Waals surface area contributed by atoms with Crippen molar-refractivity contribution in [3.05, 3.63) is 68.6 Å². The van der Waals surface area contributed by atoms with Crippen molar-refractivity contribution in [2.24, 2.45) is 0 Å². The van der Waals surface area contributed by atoms with Crippen LogP contribution < -0.4 is 14.9 Å². The molecule has 1 aromatic rings. The van der Waals surface area contributed by atoms with E-state index in [1.54, 1.807) is 6.92 Å². The first-order valence-corrected chi connectivity index (χ1v) is 9.88. The number of rotatable bonds is 10. The molecule has 1 unspecified atom stereocenters. The van der Waals surface area contributed by atoms with E-state index in [1.165, 1.54) is 19.8 Å². The van der Waals surface area contributed by atoms with E-state index < -0.39 is 6.10 Å². The SMILES string of the molecule is CC=C(C)C(O)CC=C(C)C=CCC(C)=CCc1[nH]c(OC)c(OC)c(=O)c1C. The van der Waals surface area contributed by atoms with Gasteiger partial charge in [0.05, 0.1) is 20.3 Å². The fourth-order valence-electron chi connectivity index (χ4n) is 2.77. The summed E-state index contributed by atoms with van der Waals surface area (Å²) in [6.45, 7) is 9.76. The predicted molar refractivity (Wildman–Crippen MR) is 120 cm³/mol. The molecule has 1 aromatic heterocycles. The molecule has 0 radical (unpaired) electrons. The number of aromatic amines is 1. The molecule has 2 N–H and O–H groups in total. The predicted octanol–water partition coefficient (Wildman–Crippen LogP) is 4.80. The van der Waals surface area contributed by atoms with Gasteiger partial charge < -0.3 is 19.6 Å². The van der Waals surface area contributed by atoms with E-state index in [1.807, 2.05) is 32.9 Å². The number of methoxy groups -OCH3 is 2. The van der Waals surface area contributed by atoms with Crippen LogP contribution in [-0.2, 0) is 6.42 Å². The van der Waals surface area contributed by atoms with Gasteiger partial charge in [-0.05, 0) is 53.0 Å². The highest BCUT2D eigenvalue weighted by molar-refractivity contribution is 5.40. The zero-order valence-corrected chi connectivity index (χ0v) is 18.8. The monoisotopic (exact) mass is 401 g/mol. The van der Waals surface area contributed by atoms with Gasteiger partial charge in [-0.25, -0.2) is 0 Å². The number of aliphatic hydroxyl groups is 1. The maximum atomic E-state index is 12.4. The molecule has 0 saturated carbocycles. The zero-order valence-electron chi connectivity index (χ0n) is 18.8. The molecular weight excluding hydrogens is 366 g/mol. The molecule has 1 atom stereocenters. The van der Waals surface area contributed by atoms with Crippen molar-refractivity contribution < 1.29 is 14.6 Å². The minimum atomic E-state index is -0.420. The number of aliphatic hydroxyl groups excluding tert-OH is 1. The van der Waals surface area contributed by atoms with Gasteiger partial charge in [0.1, 0.15) is 0 Å². The van der Waals surface area contributed by atoms with Crippen LogP contribution in [0.25, 0.3) is 0 Å². The van der Waals surface area contributed by atoms with Crippen molar-refractivity contribution in [2.45, 2.75) is 60.0 Å². The highest BCUT2D eigenvalue weighted by atomic mass is 16.5. The van der Waals surface area contributed by atoms with Crippen molar-refractivity contribution in [1.29, 1.82) is 0 Å². The Morgan fingerprint density at radius 1 is 1.17 bits per heavy atom. The molecule has 0 amide bonds. The lowest BCUT2D eigenvalue weighted by Gasteiger charge is -2.11. The maximum absolute atomic E-state index is 12.4. The molecule has 0 aliphatic carbocycles. The number of nitrogens with one attached hydrogen (secondary N) is 1. The summed E-state index contributed by atoms with van der Waals surface area (Å²) in [7, 11) is 2.97. The Balaban J connectivity index is 2.75. The summed E-state index contributed by atoms with van der Waals surface area (Å²) in [5.41, 5.74) is 4.62. The Bertz CT molecular complexity index is 856. The molecular formula is C24H35NO4.